The topological polar surface area (TPSA) is 36.9 Å². The van der Waals surface area contributed by atoms with Crippen LogP contribution in [0, 0.1) is 0 Å². The molecule has 0 heterocycles. The van der Waals surface area contributed by atoms with Gasteiger partial charge in [0, 0.05) is 0 Å². The van der Waals surface area contributed by atoms with Crippen molar-refractivity contribution in [1.82, 2.24) is 0 Å². The van der Waals surface area contributed by atoms with Gasteiger partial charge in [0.2, 0.25) is 0 Å². The van der Waals surface area contributed by atoms with E-state index in [1.807, 2.05) is 0 Å². The molecular weight excluding hydrogens is 615 g/mol. The van der Waals surface area contributed by atoms with Gasteiger partial charge in [-0.2, -0.15) is 0 Å². The van der Waals surface area contributed by atoms with E-state index < -0.39 is 20.0 Å². The normalized spacial score (nSPS) is 12.6. The van der Waals surface area contributed by atoms with Crippen molar-refractivity contribution in [3.63, 3.8) is 0 Å². The molecule has 0 saturated heterocycles. The molecule has 0 aromatic heterocycles. The Morgan fingerprint density at radius 3 is 0.561 bits per heavy atom. The Morgan fingerprint density at radius 2 is 0.439 bits per heavy atom. The van der Waals surface area contributed by atoms with Gasteiger partial charge in [-0.3, -0.25) is 0 Å². The number of unbranched alkanes of at least 4 members (excludes halogenated alkanes) is 8. The van der Waals surface area contributed by atoms with E-state index in [2.05, 4.69) is 55.4 Å². The molecule has 0 spiro atoms. The van der Waals surface area contributed by atoms with Gasteiger partial charge < -0.3 is 0 Å². The first kappa shape index (κ1) is 41.6. The van der Waals surface area contributed by atoms with Gasteiger partial charge in [0.05, 0.1) is 0 Å². The fourth-order valence-corrected chi connectivity index (χ4v) is 13.8. The Kier molecular flexibility index (Phi) is 29.8. The third-order valence-electron chi connectivity index (χ3n) is 8.28. The van der Waals surface area contributed by atoms with Crippen LogP contribution in [0.25, 0.3) is 0 Å². The molecule has 0 radical (unpaired) electrons. The molecule has 0 N–H and O–H groups in total. The Morgan fingerprint density at radius 1 is 0.293 bits per heavy atom. The van der Waals surface area contributed by atoms with Gasteiger partial charge in [-0.25, -0.2) is 0 Å². The average Bonchev–Trinajstić information content (AvgIpc) is 2.98. The fourth-order valence-electron chi connectivity index (χ4n) is 5.49. The third-order valence-corrected chi connectivity index (χ3v) is 15.4. The average molecular weight is 692 g/mol. The summed E-state index contributed by atoms with van der Waals surface area (Å²) in [4.78, 5) is 0. The summed E-state index contributed by atoms with van der Waals surface area (Å²) < 4.78 is 29.4. The molecular formula is C36H76O4Sn. The van der Waals surface area contributed by atoms with Gasteiger partial charge in [0.15, 0.2) is 0 Å². The van der Waals surface area contributed by atoms with Gasteiger partial charge in [-0.05, 0) is 0 Å². The minimum absolute atomic E-state index is 0.180. The van der Waals surface area contributed by atoms with Crippen LogP contribution in [0.2, 0.25) is 0 Å². The monoisotopic (exact) mass is 692 g/mol. The molecule has 0 aromatic rings. The molecule has 0 aliphatic rings. The molecule has 4 nitrogen and oxygen atoms in total. The van der Waals surface area contributed by atoms with Crippen molar-refractivity contribution in [3.8, 4) is 0 Å². The van der Waals surface area contributed by atoms with E-state index in [1.165, 1.54) is 103 Å². The van der Waals surface area contributed by atoms with Crippen LogP contribution in [-0.2, 0) is 12.3 Å². The summed E-state index contributed by atoms with van der Waals surface area (Å²) in [5.41, 5.74) is 0. The van der Waals surface area contributed by atoms with Crippen molar-refractivity contribution in [1.29, 1.82) is 0 Å². The zero-order valence-electron chi connectivity index (χ0n) is 29.4. The Labute approximate surface area is 265 Å². The van der Waals surface area contributed by atoms with Crippen LogP contribution in [0.4, 0.5) is 0 Å². The zero-order chi connectivity index (χ0) is 30.6. The predicted molar refractivity (Wildman–Crippen MR) is 181 cm³/mol. The number of hydrogen-bond acceptors (Lipinski definition) is 4. The van der Waals surface area contributed by atoms with E-state index in [0.29, 0.717) is 0 Å². The zero-order valence-corrected chi connectivity index (χ0v) is 32.3. The second kappa shape index (κ2) is 29.4. The van der Waals surface area contributed by atoms with Crippen LogP contribution >= 0.6 is 0 Å². The molecule has 0 rings (SSSR count). The molecule has 0 atom stereocenters. The summed E-state index contributed by atoms with van der Waals surface area (Å²) >= 11 is -4.49. The van der Waals surface area contributed by atoms with Crippen molar-refractivity contribution < 1.29 is 12.3 Å². The van der Waals surface area contributed by atoms with Gasteiger partial charge in [-0.15, -0.1) is 0 Å². The van der Waals surface area contributed by atoms with Gasteiger partial charge in [-0.1, -0.05) is 0 Å². The van der Waals surface area contributed by atoms with Gasteiger partial charge in [0.1, 0.15) is 0 Å². The number of rotatable bonds is 32. The first-order valence-electron chi connectivity index (χ1n) is 18.7. The molecule has 248 valence electrons. The Balaban J connectivity index is 6.68. The molecule has 0 saturated carbocycles. The van der Waals surface area contributed by atoms with Crippen molar-refractivity contribution in [2.75, 3.05) is 0 Å². The fraction of sp³-hybridized carbons (Fsp3) is 1.00. The molecule has 0 unspecified atom stereocenters. The quantitative estimate of drug-likeness (QED) is 0.0658. The van der Waals surface area contributed by atoms with E-state index in [4.69, 9.17) is 12.3 Å². The van der Waals surface area contributed by atoms with Gasteiger partial charge in [0.25, 0.3) is 0 Å². The van der Waals surface area contributed by atoms with E-state index in [9.17, 15) is 0 Å². The molecule has 41 heavy (non-hydrogen) atoms. The summed E-state index contributed by atoms with van der Waals surface area (Å²) in [6.07, 6.45) is 28.5. The minimum atomic E-state index is -4.49. The summed E-state index contributed by atoms with van der Waals surface area (Å²) in [6, 6.07) is 0. The Bertz CT molecular complexity index is 406. The summed E-state index contributed by atoms with van der Waals surface area (Å²) in [7, 11) is 0. The van der Waals surface area contributed by atoms with Gasteiger partial charge >= 0.3 is 266 Å². The summed E-state index contributed by atoms with van der Waals surface area (Å²) in [5, 5.41) is 0. The SMILES string of the molecule is CCCCC(CCCC)[O][Sn]([O]C(CCCC)CCCC)([O]C(CCCC)CCCC)[O]C(CCCC)CCCC. The molecule has 0 aliphatic heterocycles. The molecule has 0 bridgehead atoms. The maximum atomic E-state index is 7.36. The van der Waals surface area contributed by atoms with Crippen LogP contribution < -0.4 is 0 Å². The van der Waals surface area contributed by atoms with Crippen LogP contribution in [0.1, 0.15) is 209 Å². The van der Waals surface area contributed by atoms with E-state index in [0.717, 1.165) is 51.4 Å². The standard InChI is InChI=1S/4C9H19O.Sn/c4*1-3-5-7-9(10)8-6-4-2;/h4*9H,3-8H2,1-2H3;/q4*-1;+4. The maximum absolute atomic E-state index is 7.36. The van der Waals surface area contributed by atoms with Crippen LogP contribution in [0.15, 0.2) is 0 Å². The molecule has 0 fully saturated rings. The molecule has 0 aliphatic carbocycles. The first-order valence-corrected chi connectivity index (χ1v) is 23.3. The predicted octanol–water partition coefficient (Wildman–Crippen LogP) is 12.5. The van der Waals surface area contributed by atoms with Crippen molar-refractivity contribution in [2.45, 2.75) is 234 Å². The second-order valence-electron chi connectivity index (χ2n) is 12.6. The van der Waals surface area contributed by atoms with Crippen molar-refractivity contribution in [2.24, 2.45) is 0 Å². The summed E-state index contributed by atoms with van der Waals surface area (Å²) in [6.45, 7) is 18.3. The molecule has 0 amide bonds. The third kappa shape index (κ3) is 21.9. The van der Waals surface area contributed by atoms with Crippen LogP contribution in [0.3, 0.4) is 0 Å². The van der Waals surface area contributed by atoms with Crippen molar-refractivity contribution in [3.05, 3.63) is 0 Å². The van der Waals surface area contributed by atoms with Crippen LogP contribution in [-0.4, -0.2) is 44.4 Å². The first-order chi connectivity index (χ1) is 20.0. The summed E-state index contributed by atoms with van der Waals surface area (Å²) in [5.74, 6) is 0. The van der Waals surface area contributed by atoms with E-state index in [1.54, 1.807) is 0 Å². The molecule has 0 aromatic carbocycles. The second-order valence-corrected chi connectivity index (χ2v) is 18.1. The van der Waals surface area contributed by atoms with Crippen LogP contribution in [0.5, 0.6) is 0 Å². The molecule has 5 heteroatoms. The van der Waals surface area contributed by atoms with E-state index >= 15 is 0 Å². The van der Waals surface area contributed by atoms with E-state index in [-0.39, 0.29) is 24.4 Å². The van der Waals surface area contributed by atoms with Crippen molar-refractivity contribution >= 4 is 20.0 Å². The number of hydrogen-bond donors (Lipinski definition) is 0. The Hall–Kier alpha value is 0.639.